The van der Waals surface area contributed by atoms with Gasteiger partial charge >= 0.3 is 11.9 Å². The van der Waals surface area contributed by atoms with E-state index in [1.54, 1.807) is 0 Å². The van der Waals surface area contributed by atoms with Crippen LogP contribution in [0.4, 0.5) is 0 Å². The van der Waals surface area contributed by atoms with Gasteiger partial charge in [-0.05, 0) is 0 Å². The molecule has 4 N–H and O–H groups in total. The molecule has 0 spiro atoms. The van der Waals surface area contributed by atoms with Gasteiger partial charge in [-0.25, -0.2) is 4.79 Å². The molecule has 16 heavy (non-hydrogen) atoms. The molecule has 0 aliphatic heterocycles. The Bertz CT molecular complexity index is 335. The van der Waals surface area contributed by atoms with Crippen LogP contribution in [0, 0.1) is 0 Å². The number of carbonyl (C=O) groups excluding carboxylic acids is 2. The minimum Gasteiger partial charge on any atom is -0.480 e. The van der Waals surface area contributed by atoms with Crippen molar-refractivity contribution in [1.82, 2.24) is 10.6 Å². The minimum atomic E-state index is -1.29. The molecule has 0 aromatic carbocycles. The smallest absolute Gasteiger partial charge is 0.328 e. The van der Waals surface area contributed by atoms with Crippen LogP contribution >= 0.6 is 0 Å². The van der Waals surface area contributed by atoms with Crippen molar-refractivity contribution in [2.75, 3.05) is 13.1 Å². The molecule has 0 atom stereocenters. The second-order valence-corrected chi connectivity index (χ2v) is 2.56. The highest BCUT2D eigenvalue weighted by molar-refractivity contribution is 5.95. The van der Waals surface area contributed by atoms with Crippen molar-refractivity contribution in [3.05, 3.63) is 12.2 Å². The zero-order chi connectivity index (χ0) is 12.6. The summed E-state index contributed by atoms with van der Waals surface area (Å²) >= 11 is 0. The fourth-order valence-electron chi connectivity index (χ4n) is 0.610. The molecule has 2 amide bonds. The standard InChI is InChI=1S/C8H10N2O6/c11-5(1-2-7(13)14)9-3-6(12)10-4-8(15)16/h1-2H,3-4H2,(H,9,11)(H,10,12)(H,13,14)(H,15,16)/b2-1+. The van der Waals surface area contributed by atoms with Crippen molar-refractivity contribution in [1.29, 1.82) is 0 Å². The van der Waals surface area contributed by atoms with Crippen molar-refractivity contribution >= 4 is 23.8 Å². The lowest BCUT2D eigenvalue weighted by atomic mass is 10.4. The molecule has 0 heterocycles. The first-order chi connectivity index (χ1) is 7.41. The predicted octanol–water partition coefficient (Wildman–Crippen LogP) is -2.06. The van der Waals surface area contributed by atoms with Crippen molar-refractivity contribution in [3.8, 4) is 0 Å². The number of carboxylic acids is 2. The van der Waals surface area contributed by atoms with E-state index < -0.39 is 36.8 Å². The molecule has 0 fully saturated rings. The lowest BCUT2D eigenvalue weighted by Gasteiger charge is -2.02. The molecule has 8 heteroatoms. The predicted molar refractivity (Wildman–Crippen MR) is 50.4 cm³/mol. The molecular formula is C8H10N2O6. The Kier molecular flexibility index (Phi) is 5.95. The second kappa shape index (κ2) is 6.98. The zero-order valence-electron chi connectivity index (χ0n) is 8.10. The molecule has 0 rings (SSSR count). The first-order valence-electron chi connectivity index (χ1n) is 4.09. The van der Waals surface area contributed by atoms with E-state index in [0.717, 1.165) is 6.08 Å². The van der Waals surface area contributed by atoms with E-state index >= 15 is 0 Å². The lowest BCUT2D eigenvalue weighted by Crippen LogP contribution is -2.38. The summed E-state index contributed by atoms with van der Waals surface area (Å²) in [6, 6.07) is 0. The van der Waals surface area contributed by atoms with Crippen molar-refractivity contribution in [3.63, 3.8) is 0 Å². The van der Waals surface area contributed by atoms with E-state index in [9.17, 15) is 19.2 Å². The number of nitrogens with one attached hydrogen (secondary N) is 2. The third kappa shape index (κ3) is 8.23. The Morgan fingerprint density at radius 2 is 1.56 bits per heavy atom. The lowest BCUT2D eigenvalue weighted by molar-refractivity contribution is -0.137. The average molecular weight is 230 g/mol. The van der Waals surface area contributed by atoms with E-state index in [-0.39, 0.29) is 0 Å². The summed E-state index contributed by atoms with van der Waals surface area (Å²) in [5.41, 5.74) is 0. The van der Waals surface area contributed by atoms with Crippen LogP contribution in [0.2, 0.25) is 0 Å². The van der Waals surface area contributed by atoms with Crippen LogP contribution in [0.25, 0.3) is 0 Å². The first kappa shape index (κ1) is 13.6. The van der Waals surface area contributed by atoms with Gasteiger partial charge in [-0.3, -0.25) is 14.4 Å². The summed E-state index contributed by atoms with van der Waals surface area (Å²) in [4.78, 5) is 41.7. The number of carboxylic acid groups (broad SMARTS) is 2. The molecule has 0 unspecified atom stereocenters. The monoisotopic (exact) mass is 230 g/mol. The van der Waals surface area contributed by atoms with Crippen LogP contribution < -0.4 is 10.6 Å². The molecule has 0 bridgehead atoms. The molecule has 8 nitrogen and oxygen atoms in total. The molecule has 0 aliphatic carbocycles. The van der Waals surface area contributed by atoms with E-state index in [1.807, 2.05) is 5.32 Å². The second-order valence-electron chi connectivity index (χ2n) is 2.56. The summed E-state index contributed by atoms with van der Waals surface area (Å²) < 4.78 is 0. The van der Waals surface area contributed by atoms with Gasteiger partial charge in [-0.1, -0.05) is 0 Å². The van der Waals surface area contributed by atoms with Gasteiger partial charge in [-0.2, -0.15) is 0 Å². The van der Waals surface area contributed by atoms with Crippen LogP contribution in [0.1, 0.15) is 0 Å². The topological polar surface area (TPSA) is 133 Å². The third-order valence-corrected chi connectivity index (χ3v) is 1.24. The van der Waals surface area contributed by atoms with Crippen molar-refractivity contribution in [2.24, 2.45) is 0 Å². The summed E-state index contributed by atoms with van der Waals surface area (Å²) in [6.45, 7) is -0.963. The summed E-state index contributed by atoms with van der Waals surface area (Å²) in [5, 5.41) is 20.5. The quantitative estimate of drug-likeness (QED) is 0.388. The molecule has 88 valence electrons. The largest absolute Gasteiger partial charge is 0.480 e. The number of carbonyl (C=O) groups is 4. The zero-order valence-corrected chi connectivity index (χ0v) is 8.10. The highest BCUT2D eigenvalue weighted by Crippen LogP contribution is 1.74. The fraction of sp³-hybridized carbons (Fsp3) is 0.250. The molecule has 0 saturated heterocycles. The Hall–Kier alpha value is -2.38. The molecule has 0 aliphatic rings. The van der Waals surface area contributed by atoms with Crippen LogP contribution in [0.5, 0.6) is 0 Å². The summed E-state index contributed by atoms with van der Waals surface area (Å²) in [7, 11) is 0. The van der Waals surface area contributed by atoms with Crippen LogP contribution in [0.15, 0.2) is 12.2 Å². The van der Waals surface area contributed by atoms with Crippen molar-refractivity contribution in [2.45, 2.75) is 0 Å². The number of hydrogen-bond donors (Lipinski definition) is 4. The number of rotatable bonds is 6. The Morgan fingerprint density at radius 1 is 0.938 bits per heavy atom. The van der Waals surface area contributed by atoms with Gasteiger partial charge in [0.15, 0.2) is 0 Å². The van der Waals surface area contributed by atoms with Gasteiger partial charge in [0, 0.05) is 12.2 Å². The average Bonchev–Trinajstić information content (AvgIpc) is 2.20. The molecular weight excluding hydrogens is 220 g/mol. The summed E-state index contributed by atoms with van der Waals surface area (Å²) in [5.74, 6) is -3.93. The van der Waals surface area contributed by atoms with Gasteiger partial charge in [-0.15, -0.1) is 0 Å². The molecule has 0 saturated carbocycles. The Labute approximate surface area is 89.9 Å². The highest BCUT2D eigenvalue weighted by Gasteiger charge is 2.04. The van der Waals surface area contributed by atoms with Gasteiger partial charge in [0.25, 0.3) is 0 Å². The van der Waals surface area contributed by atoms with E-state index in [2.05, 4.69) is 5.32 Å². The van der Waals surface area contributed by atoms with Crippen LogP contribution in [0.3, 0.4) is 0 Å². The van der Waals surface area contributed by atoms with Crippen LogP contribution in [-0.4, -0.2) is 47.1 Å². The maximum Gasteiger partial charge on any atom is 0.328 e. The Morgan fingerprint density at radius 3 is 2.06 bits per heavy atom. The van der Waals surface area contributed by atoms with E-state index in [1.165, 1.54) is 0 Å². The fourth-order valence-corrected chi connectivity index (χ4v) is 0.610. The van der Waals surface area contributed by atoms with Gasteiger partial charge < -0.3 is 20.8 Å². The minimum absolute atomic E-state index is 0.421. The maximum absolute atomic E-state index is 10.9. The Balaban J connectivity index is 3.79. The van der Waals surface area contributed by atoms with Crippen molar-refractivity contribution < 1.29 is 29.4 Å². The van der Waals surface area contributed by atoms with Gasteiger partial charge in [0.2, 0.25) is 11.8 Å². The SMILES string of the molecule is O=C(O)/C=C/C(=O)NCC(=O)NCC(=O)O. The maximum atomic E-state index is 10.9. The van der Waals surface area contributed by atoms with Crippen LogP contribution in [-0.2, 0) is 19.2 Å². The van der Waals surface area contributed by atoms with Gasteiger partial charge in [0.1, 0.15) is 6.54 Å². The number of hydrogen-bond acceptors (Lipinski definition) is 4. The highest BCUT2D eigenvalue weighted by atomic mass is 16.4. The first-order valence-corrected chi connectivity index (χ1v) is 4.09. The summed E-state index contributed by atoms with van der Waals surface area (Å²) in [6.07, 6.45) is 1.36. The van der Waals surface area contributed by atoms with E-state index in [4.69, 9.17) is 10.2 Å². The molecule has 0 aromatic heterocycles. The number of amides is 2. The molecule has 0 radical (unpaired) electrons. The number of aliphatic carboxylic acids is 2. The van der Waals surface area contributed by atoms with E-state index in [0.29, 0.717) is 6.08 Å². The third-order valence-electron chi connectivity index (χ3n) is 1.24. The molecule has 0 aromatic rings. The van der Waals surface area contributed by atoms with Gasteiger partial charge in [0.05, 0.1) is 6.54 Å². The normalized spacial score (nSPS) is 9.75.